The second-order valence-electron chi connectivity index (χ2n) is 12.5. The Bertz CT molecular complexity index is 2670. The number of hydrogen-bond acceptors (Lipinski definition) is 5. The molecule has 7 heteroatoms. The number of rotatable bonds is 8. The predicted molar refractivity (Wildman–Crippen MR) is 202 cm³/mol. The van der Waals surface area contributed by atoms with Crippen molar-refractivity contribution in [1.82, 2.24) is 0 Å². The third kappa shape index (κ3) is 4.95. The Morgan fingerprint density at radius 2 is 0.731 bits per heavy atom. The Kier molecular flexibility index (Phi) is 7.73. The molecule has 0 heterocycles. The van der Waals surface area contributed by atoms with E-state index in [1.54, 1.807) is 48.5 Å². The van der Waals surface area contributed by atoms with Gasteiger partial charge in [0.2, 0.25) is 0 Å². The molecule has 0 fully saturated rings. The molecular weight excluding hydrogens is 652 g/mol. The first-order valence-electron chi connectivity index (χ1n) is 16.4. The van der Waals surface area contributed by atoms with Crippen molar-refractivity contribution in [2.75, 3.05) is 0 Å². The first kappa shape index (κ1) is 32.0. The molecule has 8 aromatic rings. The molecule has 7 nitrogen and oxygen atoms in total. The molecule has 0 saturated heterocycles. The fraction of sp³-hybridized carbons (Fsp3) is 0. The Hall–Kier alpha value is -7.25. The first-order chi connectivity index (χ1) is 25.3. The molecule has 0 amide bonds. The van der Waals surface area contributed by atoms with Crippen molar-refractivity contribution in [3.8, 4) is 22.3 Å². The highest BCUT2D eigenvalue weighted by molar-refractivity contribution is 6.29. The minimum absolute atomic E-state index is 0.0232. The third-order valence-electron chi connectivity index (χ3n) is 9.72. The molecule has 0 aromatic heterocycles. The van der Waals surface area contributed by atoms with Crippen LogP contribution >= 0.6 is 0 Å². The molecular formula is C45H26O7. The van der Waals surface area contributed by atoms with Crippen LogP contribution in [-0.2, 0) is 0 Å². The van der Waals surface area contributed by atoms with E-state index in [1.807, 2.05) is 72.8 Å². The lowest BCUT2D eigenvalue weighted by Gasteiger charge is -2.20. The first-order valence-corrected chi connectivity index (χ1v) is 16.4. The Labute approximate surface area is 296 Å². The topological polar surface area (TPSA) is 126 Å². The van der Waals surface area contributed by atoms with Gasteiger partial charge in [0, 0.05) is 22.3 Å². The quantitative estimate of drug-likeness (QED) is 0.121. The number of carboxylic acid groups (broad SMARTS) is 2. The smallest absolute Gasteiger partial charge is 0.337 e. The minimum Gasteiger partial charge on any atom is -0.478 e. The molecule has 0 radical (unpaired) electrons. The van der Waals surface area contributed by atoms with Gasteiger partial charge in [0.15, 0.2) is 18.4 Å². The molecule has 0 atom stereocenters. The van der Waals surface area contributed by atoms with Crippen LogP contribution in [0, 0.1) is 0 Å². The summed E-state index contributed by atoms with van der Waals surface area (Å²) in [6, 6.07) is 39.2. The van der Waals surface area contributed by atoms with Crippen LogP contribution in [0.3, 0.4) is 0 Å². The van der Waals surface area contributed by atoms with Gasteiger partial charge in [-0.25, -0.2) is 9.59 Å². The summed E-state index contributed by atoms with van der Waals surface area (Å²) in [5.41, 5.74) is 2.40. The van der Waals surface area contributed by atoms with E-state index in [2.05, 4.69) is 0 Å². The molecule has 0 aliphatic rings. The van der Waals surface area contributed by atoms with Crippen LogP contribution in [0.25, 0.3) is 65.3 Å². The van der Waals surface area contributed by atoms with E-state index in [1.165, 1.54) is 12.1 Å². The van der Waals surface area contributed by atoms with Crippen molar-refractivity contribution in [2.24, 2.45) is 0 Å². The van der Waals surface area contributed by atoms with Crippen molar-refractivity contribution >= 4 is 73.4 Å². The molecule has 2 N–H and O–H groups in total. The summed E-state index contributed by atoms with van der Waals surface area (Å²) >= 11 is 0. The average Bonchev–Trinajstić information content (AvgIpc) is 3.18. The zero-order valence-corrected chi connectivity index (χ0v) is 27.3. The molecule has 0 bridgehead atoms. The van der Waals surface area contributed by atoms with Gasteiger partial charge in [-0.05, 0) is 77.5 Å². The number of carbonyl (C=O) groups excluding carboxylic acids is 3. The summed E-state index contributed by atoms with van der Waals surface area (Å²) in [6.07, 6.45) is 1.03. The number of aromatic carboxylic acids is 2. The molecule has 8 rings (SSSR count). The maximum absolute atomic E-state index is 15.7. The highest BCUT2D eigenvalue weighted by Crippen LogP contribution is 2.42. The van der Waals surface area contributed by atoms with Crippen molar-refractivity contribution in [3.63, 3.8) is 0 Å². The van der Waals surface area contributed by atoms with Gasteiger partial charge in [0.05, 0.1) is 11.1 Å². The van der Waals surface area contributed by atoms with E-state index in [0.717, 1.165) is 10.8 Å². The second kappa shape index (κ2) is 12.6. The van der Waals surface area contributed by atoms with E-state index in [-0.39, 0.29) is 28.0 Å². The lowest BCUT2D eigenvalue weighted by molar-refractivity contribution is 0.0686. The van der Waals surface area contributed by atoms with E-state index >= 15 is 4.79 Å². The number of hydrogen-bond donors (Lipinski definition) is 2. The van der Waals surface area contributed by atoms with E-state index in [4.69, 9.17) is 0 Å². The van der Waals surface area contributed by atoms with Crippen LogP contribution in [-0.4, -0.2) is 40.5 Å². The SMILES string of the molecule is O=Cc1cc(-c2ccc3ccccc3c2C(=O)c2c(-c3cc(C=O)c(C(=O)O)c4ccccc34)ccc3ccccc23)c2ccccc2c1C(=O)O. The van der Waals surface area contributed by atoms with E-state index in [0.29, 0.717) is 78.3 Å². The van der Waals surface area contributed by atoms with Crippen LogP contribution < -0.4 is 0 Å². The van der Waals surface area contributed by atoms with Crippen LogP contribution in [0.4, 0.5) is 0 Å². The Balaban J connectivity index is 1.51. The molecule has 52 heavy (non-hydrogen) atoms. The maximum atomic E-state index is 15.7. The number of benzene rings is 8. The number of carboxylic acids is 2. The summed E-state index contributed by atoms with van der Waals surface area (Å²) in [5.74, 6) is -2.83. The molecule has 8 aromatic carbocycles. The van der Waals surface area contributed by atoms with Crippen LogP contribution in [0.5, 0.6) is 0 Å². The van der Waals surface area contributed by atoms with E-state index in [9.17, 15) is 29.4 Å². The van der Waals surface area contributed by atoms with Crippen LogP contribution in [0.1, 0.15) is 57.4 Å². The third-order valence-corrected chi connectivity index (χ3v) is 9.72. The van der Waals surface area contributed by atoms with Crippen molar-refractivity contribution in [2.45, 2.75) is 0 Å². The van der Waals surface area contributed by atoms with Gasteiger partial charge in [0.1, 0.15) is 0 Å². The second-order valence-corrected chi connectivity index (χ2v) is 12.5. The van der Waals surface area contributed by atoms with Crippen molar-refractivity contribution < 1.29 is 34.2 Å². The normalized spacial score (nSPS) is 11.2. The predicted octanol–water partition coefficient (Wildman–Crippen LogP) is 9.89. The van der Waals surface area contributed by atoms with Gasteiger partial charge in [-0.3, -0.25) is 14.4 Å². The molecule has 248 valence electrons. The molecule has 0 aliphatic carbocycles. The standard InChI is InChI=1S/C45H26O7/c46-23-27-21-37(31-13-5-7-15-33(31)39(27)44(49)50)35-19-17-25-9-1-3-11-29(25)41(35)43(48)42-30-12-4-2-10-26(30)18-20-36(42)38-22-28(24-47)40(45(51)52)34-16-8-6-14-32(34)38/h1-24H,(H,49,50)(H,51,52). The van der Waals surface area contributed by atoms with Gasteiger partial charge in [-0.2, -0.15) is 0 Å². The molecule has 0 spiro atoms. The fourth-order valence-electron chi connectivity index (χ4n) is 7.51. The van der Waals surface area contributed by atoms with Gasteiger partial charge in [-0.1, -0.05) is 121 Å². The number of carbonyl (C=O) groups is 5. The van der Waals surface area contributed by atoms with Gasteiger partial charge in [-0.15, -0.1) is 0 Å². The zero-order valence-electron chi connectivity index (χ0n) is 27.3. The lowest BCUT2D eigenvalue weighted by atomic mass is 9.82. The summed E-state index contributed by atoms with van der Waals surface area (Å²) in [7, 11) is 0. The Morgan fingerprint density at radius 1 is 0.385 bits per heavy atom. The number of aldehydes is 2. The van der Waals surface area contributed by atoms with Crippen molar-refractivity contribution in [1.29, 1.82) is 0 Å². The van der Waals surface area contributed by atoms with Crippen LogP contribution in [0.15, 0.2) is 133 Å². The minimum atomic E-state index is -1.24. The summed E-state index contributed by atoms with van der Waals surface area (Å²) in [5, 5.41) is 24.9. The average molecular weight is 679 g/mol. The van der Waals surface area contributed by atoms with Crippen molar-refractivity contribution in [3.05, 3.63) is 167 Å². The van der Waals surface area contributed by atoms with E-state index < -0.39 is 11.9 Å². The monoisotopic (exact) mass is 678 g/mol. The molecule has 0 aliphatic heterocycles. The maximum Gasteiger partial charge on any atom is 0.337 e. The highest BCUT2D eigenvalue weighted by Gasteiger charge is 2.27. The lowest BCUT2D eigenvalue weighted by Crippen LogP contribution is -2.10. The summed E-state index contributed by atoms with van der Waals surface area (Å²) in [6.45, 7) is 0. The highest BCUT2D eigenvalue weighted by atomic mass is 16.4. The van der Waals surface area contributed by atoms with Gasteiger partial charge in [0.25, 0.3) is 0 Å². The summed E-state index contributed by atoms with van der Waals surface area (Å²) in [4.78, 5) is 65.3. The fourth-order valence-corrected chi connectivity index (χ4v) is 7.51. The molecule has 0 unspecified atom stereocenters. The van der Waals surface area contributed by atoms with Gasteiger partial charge < -0.3 is 10.2 Å². The number of fused-ring (bicyclic) bond motifs is 4. The van der Waals surface area contributed by atoms with Crippen LogP contribution in [0.2, 0.25) is 0 Å². The molecule has 0 saturated carbocycles. The number of ketones is 1. The largest absolute Gasteiger partial charge is 0.478 e. The zero-order chi connectivity index (χ0) is 36.1. The Morgan fingerprint density at radius 3 is 1.10 bits per heavy atom. The summed E-state index contributed by atoms with van der Waals surface area (Å²) < 4.78 is 0. The van der Waals surface area contributed by atoms with Gasteiger partial charge >= 0.3 is 11.9 Å².